The molecule has 2 N–H and O–H groups in total. The van der Waals surface area contributed by atoms with Gasteiger partial charge in [0, 0.05) is 38.8 Å². The monoisotopic (exact) mass is 227 g/mol. The van der Waals surface area contributed by atoms with Gasteiger partial charge < -0.3 is 10.6 Å². The molecule has 1 aliphatic rings. The number of rotatable bonds is 6. The standard InChI is InChI=1S/C13H29N3/c1-4-5-13(10-14)11-15-6-8-16(9-7-15)12(2)3/h12-13H,4-11,14H2,1-3H3. The molecule has 1 atom stereocenters. The molecular weight excluding hydrogens is 198 g/mol. The highest BCUT2D eigenvalue weighted by Gasteiger charge is 2.20. The minimum Gasteiger partial charge on any atom is -0.330 e. The van der Waals surface area contributed by atoms with Crippen LogP contribution in [-0.2, 0) is 0 Å². The van der Waals surface area contributed by atoms with E-state index in [-0.39, 0.29) is 0 Å². The van der Waals surface area contributed by atoms with Gasteiger partial charge in [0.1, 0.15) is 0 Å². The van der Waals surface area contributed by atoms with Crippen molar-refractivity contribution in [3.63, 3.8) is 0 Å². The molecule has 1 unspecified atom stereocenters. The summed E-state index contributed by atoms with van der Waals surface area (Å²) in [6.45, 7) is 13.8. The molecule has 0 amide bonds. The molecule has 0 saturated carbocycles. The summed E-state index contributed by atoms with van der Waals surface area (Å²) in [5.41, 5.74) is 5.81. The first-order valence-corrected chi connectivity index (χ1v) is 6.83. The number of piperazine rings is 1. The summed E-state index contributed by atoms with van der Waals surface area (Å²) >= 11 is 0. The molecule has 1 fully saturated rings. The summed E-state index contributed by atoms with van der Waals surface area (Å²) in [4.78, 5) is 5.15. The summed E-state index contributed by atoms with van der Waals surface area (Å²) < 4.78 is 0. The zero-order valence-corrected chi connectivity index (χ0v) is 11.3. The fourth-order valence-corrected chi connectivity index (χ4v) is 2.52. The van der Waals surface area contributed by atoms with Gasteiger partial charge >= 0.3 is 0 Å². The molecule has 0 radical (unpaired) electrons. The molecular formula is C13H29N3. The fraction of sp³-hybridized carbons (Fsp3) is 1.00. The Kier molecular flexibility index (Phi) is 6.32. The number of nitrogens with two attached hydrogens (primary N) is 1. The molecule has 3 nitrogen and oxygen atoms in total. The van der Waals surface area contributed by atoms with Crippen LogP contribution >= 0.6 is 0 Å². The Labute approximate surface area is 101 Å². The second-order valence-corrected chi connectivity index (χ2v) is 5.32. The molecule has 0 spiro atoms. The molecule has 0 aromatic heterocycles. The smallest absolute Gasteiger partial charge is 0.0113 e. The minimum atomic E-state index is 0.697. The second-order valence-electron chi connectivity index (χ2n) is 5.32. The van der Waals surface area contributed by atoms with Crippen molar-refractivity contribution in [2.75, 3.05) is 39.3 Å². The van der Waals surface area contributed by atoms with Crippen LogP contribution in [0.25, 0.3) is 0 Å². The van der Waals surface area contributed by atoms with Crippen molar-refractivity contribution in [3.05, 3.63) is 0 Å². The largest absolute Gasteiger partial charge is 0.330 e. The fourth-order valence-electron chi connectivity index (χ4n) is 2.52. The van der Waals surface area contributed by atoms with E-state index in [4.69, 9.17) is 5.73 Å². The van der Waals surface area contributed by atoms with Crippen molar-refractivity contribution in [2.24, 2.45) is 11.7 Å². The van der Waals surface area contributed by atoms with Crippen LogP contribution in [0.3, 0.4) is 0 Å². The lowest BCUT2D eigenvalue weighted by Gasteiger charge is -2.38. The summed E-state index contributed by atoms with van der Waals surface area (Å²) in [5, 5.41) is 0. The van der Waals surface area contributed by atoms with Crippen LogP contribution in [0.15, 0.2) is 0 Å². The van der Waals surface area contributed by atoms with E-state index in [2.05, 4.69) is 30.6 Å². The highest BCUT2D eigenvalue weighted by Crippen LogP contribution is 2.11. The Balaban J connectivity index is 2.25. The van der Waals surface area contributed by atoms with Gasteiger partial charge in [0.05, 0.1) is 0 Å². The molecule has 96 valence electrons. The maximum Gasteiger partial charge on any atom is 0.0113 e. The summed E-state index contributed by atoms with van der Waals surface area (Å²) in [5.74, 6) is 0.704. The van der Waals surface area contributed by atoms with Crippen LogP contribution in [0, 0.1) is 5.92 Å². The molecule has 0 aromatic carbocycles. The number of nitrogens with zero attached hydrogens (tertiary/aromatic N) is 2. The van der Waals surface area contributed by atoms with Gasteiger partial charge in [-0.2, -0.15) is 0 Å². The Morgan fingerprint density at radius 2 is 1.75 bits per heavy atom. The average molecular weight is 227 g/mol. The van der Waals surface area contributed by atoms with E-state index in [9.17, 15) is 0 Å². The zero-order valence-electron chi connectivity index (χ0n) is 11.3. The van der Waals surface area contributed by atoms with Crippen molar-refractivity contribution in [1.82, 2.24) is 9.80 Å². The summed E-state index contributed by atoms with van der Waals surface area (Å²) in [6, 6.07) is 0.697. The second kappa shape index (κ2) is 7.25. The Morgan fingerprint density at radius 1 is 1.12 bits per heavy atom. The van der Waals surface area contributed by atoms with Crippen molar-refractivity contribution in [2.45, 2.75) is 39.7 Å². The maximum absolute atomic E-state index is 5.81. The summed E-state index contributed by atoms with van der Waals surface area (Å²) in [7, 11) is 0. The Hall–Kier alpha value is -0.120. The van der Waals surface area contributed by atoms with Crippen LogP contribution in [0.4, 0.5) is 0 Å². The van der Waals surface area contributed by atoms with Crippen LogP contribution in [0.2, 0.25) is 0 Å². The van der Waals surface area contributed by atoms with Gasteiger partial charge in [0.25, 0.3) is 0 Å². The lowest BCUT2D eigenvalue weighted by Crippen LogP contribution is -2.50. The first kappa shape index (κ1) is 13.9. The molecule has 0 aromatic rings. The third-order valence-electron chi connectivity index (χ3n) is 3.68. The van der Waals surface area contributed by atoms with Crippen LogP contribution < -0.4 is 5.73 Å². The van der Waals surface area contributed by atoms with Gasteiger partial charge in [-0.15, -0.1) is 0 Å². The molecule has 3 heteroatoms. The van der Waals surface area contributed by atoms with E-state index in [0.717, 1.165) is 6.54 Å². The van der Waals surface area contributed by atoms with Crippen molar-refractivity contribution >= 4 is 0 Å². The first-order valence-electron chi connectivity index (χ1n) is 6.83. The average Bonchev–Trinajstić information content (AvgIpc) is 2.29. The number of hydrogen-bond donors (Lipinski definition) is 1. The highest BCUT2D eigenvalue weighted by atomic mass is 15.3. The van der Waals surface area contributed by atoms with E-state index >= 15 is 0 Å². The molecule has 1 rings (SSSR count). The molecule has 1 aliphatic heterocycles. The summed E-state index contributed by atoms with van der Waals surface area (Å²) in [6.07, 6.45) is 2.54. The van der Waals surface area contributed by atoms with Gasteiger partial charge in [-0.1, -0.05) is 13.3 Å². The lowest BCUT2D eigenvalue weighted by atomic mass is 10.0. The molecule has 0 aliphatic carbocycles. The van der Waals surface area contributed by atoms with Crippen molar-refractivity contribution in [1.29, 1.82) is 0 Å². The molecule has 16 heavy (non-hydrogen) atoms. The van der Waals surface area contributed by atoms with E-state index < -0.39 is 0 Å². The quantitative estimate of drug-likeness (QED) is 0.744. The van der Waals surface area contributed by atoms with Crippen LogP contribution in [-0.4, -0.2) is 55.1 Å². The van der Waals surface area contributed by atoms with Gasteiger partial charge in [0.2, 0.25) is 0 Å². The van der Waals surface area contributed by atoms with Crippen molar-refractivity contribution in [3.8, 4) is 0 Å². The minimum absolute atomic E-state index is 0.697. The third kappa shape index (κ3) is 4.40. The van der Waals surface area contributed by atoms with E-state index in [1.807, 2.05) is 0 Å². The molecule has 0 bridgehead atoms. The zero-order chi connectivity index (χ0) is 12.0. The van der Waals surface area contributed by atoms with E-state index in [1.165, 1.54) is 45.6 Å². The van der Waals surface area contributed by atoms with Crippen LogP contribution in [0.5, 0.6) is 0 Å². The third-order valence-corrected chi connectivity index (χ3v) is 3.68. The van der Waals surface area contributed by atoms with Crippen molar-refractivity contribution < 1.29 is 0 Å². The van der Waals surface area contributed by atoms with Gasteiger partial charge in [0.15, 0.2) is 0 Å². The lowest BCUT2D eigenvalue weighted by molar-refractivity contribution is 0.0963. The maximum atomic E-state index is 5.81. The normalized spacial score (nSPS) is 21.6. The van der Waals surface area contributed by atoms with Gasteiger partial charge in [-0.3, -0.25) is 4.90 Å². The Bertz CT molecular complexity index is 174. The topological polar surface area (TPSA) is 32.5 Å². The number of hydrogen-bond acceptors (Lipinski definition) is 3. The highest BCUT2D eigenvalue weighted by molar-refractivity contribution is 4.76. The Morgan fingerprint density at radius 3 is 2.19 bits per heavy atom. The van der Waals surface area contributed by atoms with Gasteiger partial charge in [-0.05, 0) is 32.7 Å². The van der Waals surface area contributed by atoms with Gasteiger partial charge in [-0.25, -0.2) is 0 Å². The predicted octanol–water partition coefficient (Wildman–Crippen LogP) is 1.39. The van der Waals surface area contributed by atoms with Crippen LogP contribution in [0.1, 0.15) is 33.6 Å². The predicted molar refractivity (Wildman–Crippen MR) is 70.6 cm³/mol. The molecule has 1 heterocycles. The molecule has 1 saturated heterocycles. The van der Waals surface area contributed by atoms with E-state index in [1.54, 1.807) is 0 Å². The SMILES string of the molecule is CCCC(CN)CN1CCN(C(C)C)CC1. The first-order chi connectivity index (χ1) is 7.67. The van der Waals surface area contributed by atoms with E-state index in [0.29, 0.717) is 12.0 Å².